The van der Waals surface area contributed by atoms with E-state index in [1.165, 1.54) is 11.3 Å². The number of aliphatic imine (C=N–C) groups is 1. The standard InChI is InChI=1S/C24H20N6OS.CH4O/c1-16(28-15-25)29-18-5-4-6-19(13-18)30-24(31)23-22(10-12-32-23)27-14-17-9-11-26-21-8-3-2-7-20(17)21;1-2/h2-13,27H,14H2,1H3,(H,28,29)(H,30,31);2H,1H3. The van der Waals surface area contributed by atoms with E-state index in [2.05, 4.69) is 25.9 Å². The summed E-state index contributed by atoms with van der Waals surface area (Å²) in [6.07, 6.45) is 3.63. The molecule has 2 aromatic heterocycles. The highest BCUT2D eigenvalue weighted by atomic mass is 32.1. The number of amidine groups is 1. The Hall–Kier alpha value is -4.26. The lowest BCUT2D eigenvalue weighted by molar-refractivity contribution is 0.103. The van der Waals surface area contributed by atoms with Crippen molar-refractivity contribution in [2.24, 2.45) is 4.99 Å². The first kappa shape index (κ1) is 24.4. The summed E-state index contributed by atoms with van der Waals surface area (Å²) in [6.45, 7) is 2.28. The zero-order valence-electron chi connectivity index (χ0n) is 18.7. The van der Waals surface area contributed by atoms with Crippen LogP contribution in [-0.4, -0.2) is 28.9 Å². The van der Waals surface area contributed by atoms with Gasteiger partial charge in [0.25, 0.3) is 5.91 Å². The molecule has 0 saturated heterocycles. The first-order valence-electron chi connectivity index (χ1n) is 10.3. The maximum absolute atomic E-state index is 12.9. The summed E-state index contributed by atoms with van der Waals surface area (Å²) in [5.41, 5.74) is 4.09. The van der Waals surface area contributed by atoms with Crippen molar-refractivity contribution in [1.29, 1.82) is 5.26 Å². The molecule has 9 heteroatoms. The third kappa shape index (κ3) is 6.16. The summed E-state index contributed by atoms with van der Waals surface area (Å²) in [6, 6.07) is 19.0. The number of aromatic nitrogens is 1. The van der Waals surface area contributed by atoms with E-state index in [-0.39, 0.29) is 5.91 Å². The second-order valence-corrected chi connectivity index (χ2v) is 7.86. The molecule has 0 fully saturated rings. The smallest absolute Gasteiger partial charge is 0.267 e. The van der Waals surface area contributed by atoms with Crippen molar-refractivity contribution in [2.45, 2.75) is 13.5 Å². The Bertz CT molecular complexity index is 1340. The molecule has 4 N–H and O–H groups in total. The highest BCUT2D eigenvalue weighted by Crippen LogP contribution is 2.26. The zero-order valence-corrected chi connectivity index (χ0v) is 19.6. The van der Waals surface area contributed by atoms with Crippen molar-refractivity contribution in [1.82, 2.24) is 10.3 Å². The number of hydrogen-bond acceptors (Lipinski definition) is 7. The van der Waals surface area contributed by atoms with Gasteiger partial charge in [-0.2, -0.15) is 5.26 Å². The minimum absolute atomic E-state index is 0.199. The molecule has 0 aliphatic heterocycles. The fourth-order valence-electron chi connectivity index (χ4n) is 3.27. The number of nitriles is 1. The molecule has 8 nitrogen and oxygen atoms in total. The Morgan fingerprint density at radius 1 is 1.15 bits per heavy atom. The van der Waals surface area contributed by atoms with Gasteiger partial charge in [-0.3, -0.25) is 15.1 Å². The zero-order chi connectivity index (χ0) is 24.3. The number of benzene rings is 2. The van der Waals surface area contributed by atoms with E-state index in [4.69, 9.17) is 10.4 Å². The Morgan fingerprint density at radius 3 is 2.79 bits per heavy atom. The van der Waals surface area contributed by atoms with Gasteiger partial charge in [-0.05, 0) is 54.3 Å². The van der Waals surface area contributed by atoms with E-state index in [1.54, 1.807) is 37.4 Å². The summed E-state index contributed by atoms with van der Waals surface area (Å²) >= 11 is 1.38. The van der Waals surface area contributed by atoms with Crippen molar-refractivity contribution in [3.05, 3.63) is 82.7 Å². The van der Waals surface area contributed by atoms with Crippen LogP contribution in [-0.2, 0) is 6.54 Å². The van der Waals surface area contributed by atoms with Gasteiger partial charge in [0.1, 0.15) is 10.7 Å². The number of anilines is 2. The number of carbonyl (C=O) groups is 1. The quantitative estimate of drug-likeness (QED) is 0.137. The van der Waals surface area contributed by atoms with Crippen molar-refractivity contribution in [2.75, 3.05) is 17.7 Å². The van der Waals surface area contributed by atoms with Gasteiger partial charge in [0.05, 0.1) is 16.9 Å². The third-order valence-electron chi connectivity index (χ3n) is 4.72. The predicted octanol–water partition coefficient (Wildman–Crippen LogP) is 4.89. The largest absolute Gasteiger partial charge is 0.400 e. The number of fused-ring (bicyclic) bond motifs is 1. The van der Waals surface area contributed by atoms with Gasteiger partial charge in [-0.25, -0.2) is 4.99 Å². The van der Waals surface area contributed by atoms with Gasteiger partial charge in [0.2, 0.25) is 0 Å². The number of hydrogen-bond donors (Lipinski definition) is 4. The van der Waals surface area contributed by atoms with Crippen molar-refractivity contribution in [3.8, 4) is 6.19 Å². The molecule has 0 unspecified atom stereocenters. The van der Waals surface area contributed by atoms with E-state index >= 15 is 0 Å². The molecule has 1 amide bonds. The molecular formula is C25H24N6O2S. The van der Waals surface area contributed by atoms with Crippen LogP contribution in [0.3, 0.4) is 0 Å². The van der Waals surface area contributed by atoms with E-state index in [0.29, 0.717) is 28.6 Å². The first-order chi connectivity index (χ1) is 16.6. The molecular weight excluding hydrogens is 448 g/mol. The molecule has 0 aliphatic carbocycles. The number of para-hydroxylation sites is 1. The highest BCUT2D eigenvalue weighted by molar-refractivity contribution is 7.12. The average molecular weight is 473 g/mol. The lowest BCUT2D eigenvalue weighted by Crippen LogP contribution is -2.13. The van der Waals surface area contributed by atoms with Gasteiger partial charge in [-0.1, -0.05) is 24.3 Å². The van der Waals surface area contributed by atoms with Gasteiger partial charge in [0, 0.05) is 30.9 Å². The number of aliphatic hydroxyl groups excluding tert-OH is 1. The lowest BCUT2D eigenvalue weighted by atomic mass is 10.1. The van der Waals surface area contributed by atoms with Crippen molar-refractivity contribution >= 4 is 51.0 Å². The molecule has 0 atom stereocenters. The van der Waals surface area contributed by atoms with E-state index < -0.39 is 0 Å². The molecule has 0 aliphatic rings. The van der Waals surface area contributed by atoms with Gasteiger partial charge in [-0.15, -0.1) is 11.3 Å². The fourth-order valence-corrected chi connectivity index (χ4v) is 4.03. The minimum atomic E-state index is -0.199. The molecule has 0 saturated carbocycles. The second kappa shape index (κ2) is 12.1. The number of carbonyl (C=O) groups excluding carboxylic acids is 1. The van der Waals surface area contributed by atoms with Gasteiger partial charge >= 0.3 is 0 Å². The maximum Gasteiger partial charge on any atom is 0.267 e. The summed E-state index contributed by atoms with van der Waals surface area (Å²) in [5, 5.41) is 27.4. The van der Waals surface area contributed by atoms with Gasteiger partial charge in [0.15, 0.2) is 6.19 Å². The van der Waals surface area contributed by atoms with E-state index in [1.807, 2.05) is 48.0 Å². The monoisotopic (exact) mass is 472 g/mol. The van der Waals surface area contributed by atoms with E-state index in [0.717, 1.165) is 29.3 Å². The van der Waals surface area contributed by atoms with Gasteiger partial charge < -0.3 is 15.7 Å². The second-order valence-electron chi connectivity index (χ2n) is 6.94. The number of amides is 1. The van der Waals surface area contributed by atoms with Crippen molar-refractivity contribution < 1.29 is 9.90 Å². The molecule has 2 heterocycles. The van der Waals surface area contributed by atoms with Crippen LogP contribution in [0.15, 0.2) is 77.2 Å². The Kier molecular flexibility index (Phi) is 8.68. The molecule has 2 aromatic carbocycles. The molecule has 34 heavy (non-hydrogen) atoms. The average Bonchev–Trinajstić information content (AvgIpc) is 3.33. The number of rotatable bonds is 6. The number of nitrogens with one attached hydrogen (secondary N) is 3. The van der Waals surface area contributed by atoms with Crippen LogP contribution in [0.5, 0.6) is 0 Å². The van der Waals surface area contributed by atoms with Crippen molar-refractivity contribution in [3.63, 3.8) is 0 Å². The van der Waals surface area contributed by atoms with Crippen LogP contribution in [0.25, 0.3) is 10.9 Å². The van der Waals surface area contributed by atoms with E-state index in [9.17, 15) is 4.79 Å². The van der Waals surface area contributed by atoms with Crippen LogP contribution >= 0.6 is 11.3 Å². The SMILES string of the molecule is CC(=Nc1cccc(NC(=O)c2sccc2NCc2ccnc3ccccc23)c1)NC#N.CO. The Labute approximate surface area is 201 Å². The third-order valence-corrected chi connectivity index (χ3v) is 5.63. The van der Waals surface area contributed by atoms with Crippen LogP contribution in [0.1, 0.15) is 22.2 Å². The topological polar surface area (TPSA) is 122 Å². The summed E-state index contributed by atoms with van der Waals surface area (Å²) in [4.78, 5) is 22.2. The van der Waals surface area contributed by atoms with Crippen LogP contribution in [0.2, 0.25) is 0 Å². The number of nitrogens with zero attached hydrogens (tertiary/aromatic N) is 3. The maximum atomic E-state index is 12.9. The summed E-state index contributed by atoms with van der Waals surface area (Å²) < 4.78 is 0. The molecule has 4 aromatic rings. The first-order valence-corrected chi connectivity index (χ1v) is 11.2. The summed E-state index contributed by atoms with van der Waals surface area (Å²) in [7, 11) is 1.00. The highest BCUT2D eigenvalue weighted by Gasteiger charge is 2.14. The molecule has 0 bridgehead atoms. The van der Waals surface area contributed by atoms with Crippen LogP contribution in [0, 0.1) is 11.5 Å². The number of aliphatic hydroxyl groups is 1. The molecule has 0 spiro atoms. The fraction of sp³-hybridized carbons (Fsp3) is 0.120. The Morgan fingerprint density at radius 2 is 1.97 bits per heavy atom. The summed E-state index contributed by atoms with van der Waals surface area (Å²) in [5.74, 6) is 0.277. The predicted molar refractivity (Wildman–Crippen MR) is 137 cm³/mol. The molecule has 4 rings (SSSR count). The van der Waals surface area contributed by atoms with Crippen LogP contribution in [0.4, 0.5) is 17.1 Å². The minimum Gasteiger partial charge on any atom is -0.400 e. The molecule has 0 radical (unpaired) electrons. The Balaban J connectivity index is 0.00000158. The number of pyridine rings is 1. The normalized spacial score (nSPS) is 10.6. The van der Waals surface area contributed by atoms with Crippen LogP contribution < -0.4 is 16.0 Å². The molecule has 172 valence electrons. The number of thiophene rings is 1. The lowest BCUT2D eigenvalue weighted by Gasteiger charge is -2.10.